The van der Waals surface area contributed by atoms with Crippen molar-refractivity contribution < 1.29 is 31.1 Å². The fraction of sp³-hybridized carbons (Fsp3) is 0.190. The number of rotatable bonds is 3. The predicted octanol–water partition coefficient (Wildman–Crippen LogP) is 5.52. The highest BCUT2D eigenvalue weighted by Gasteiger charge is 2.34. The van der Waals surface area contributed by atoms with Crippen LogP contribution < -0.4 is 5.32 Å². The van der Waals surface area contributed by atoms with E-state index >= 15 is 0 Å². The molecular formula is C21H16F6N2O. The molecule has 0 radical (unpaired) electrons. The lowest BCUT2D eigenvalue weighted by Gasteiger charge is -2.22. The monoisotopic (exact) mass is 426 g/mol. The Balaban J connectivity index is 1.96. The molecule has 1 aliphatic rings. The molecule has 3 nitrogen and oxygen atoms in total. The maximum Gasteiger partial charge on any atom is 0.416 e. The van der Waals surface area contributed by atoms with E-state index in [2.05, 4.69) is 5.32 Å². The third kappa shape index (κ3) is 4.50. The summed E-state index contributed by atoms with van der Waals surface area (Å²) in [6.45, 7) is 0.121. The Kier molecular flexibility index (Phi) is 5.91. The smallest absolute Gasteiger partial charge is 0.374 e. The van der Waals surface area contributed by atoms with Crippen molar-refractivity contribution in [2.45, 2.75) is 12.6 Å². The second-order valence-corrected chi connectivity index (χ2v) is 6.65. The van der Waals surface area contributed by atoms with Crippen LogP contribution in [-0.2, 0) is 0 Å². The number of carbonyl (C=O) groups is 1. The molecule has 0 aromatic heterocycles. The first-order valence-electron chi connectivity index (χ1n) is 8.83. The summed E-state index contributed by atoms with van der Waals surface area (Å²) in [5.74, 6) is -4.07. The van der Waals surface area contributed by atoms with Crippen molar-refractivity contribution in [2.24, 2.45) is 0 Å². The van der Waals surface area contributed by atoms with E-state index < -0.39 is 40.7 Å². The van der Waals surface area contributed by atoms with Gasteiger partial charge in [0.15, 0.2) is 0 Å². The quantitative estimate of drug-likeness (QED) is 0.656. The van der Waals surface area contributed by atoms with Gasteiger partial charge in [-0.1, -0.05) is 18.2 Å². The molecule has 0 saturated heterocycles. The Morgan fingerprint density at radius 1 is 1.03 bits per heavy atom. The molecule has 2 aromatic carbocycles. The lowest BCUT2D eigenvalue weighted by molar-refractivity contribution is -0.0883. The topological polar surface area (TPSA) is 32.3 Å². The third-order valence-corrected chi connectivity index (χ3v) is 4.53. The second kappa shape index (κ2) is 8.25. The van der Waals surface area contributed by atoms with Gasteiger partial charge in [0.1, 0.15) is 17.5 Å². The van der Waals surface area contributed by atoms with Crippen molar-refractivity contribution in [3.05, 3.63) is 82.7 Å². The molecule has 1 amide bonds. The molecule has 0 aliphatic carbocycles. The summed E-state index contributed by atoms with van der Waals surface area (Å²) in [5.41, 5.74) is -2.56. The zero-order chi connectivity index (χ0) is 22.1. The SMILES string of the molecule is CN1CCC=C(C(F)(F)F)C=C1c1c(F)cc(NC(=O)c2ccccc2F)cc1F. The Labute approximate surface area is 168 Å². The molecule has 1 aliphatic heterocycles. The summed E-state index contributed by atoms with van der Waals surface area (Å²) in [4.78, 5) is 13.5. The lowest BCUT2D eigenvalue weighted by Crippen LogP contribution is -2.20. The van der Waals surface area contributed by atoms with Gasteiger partial charge in [-0.25, -0.2) is 13.2 Å². The molecule has 1 N–H and O–H groups in total. The van der Waals surface area contributed by atoms with Gasteiger partial charge in [0, 0.05) is 19.3 Å². The van der Waals surface area contributed by atoms with Gasteiger partial charge in [-0.15, -0.1) is 0 Å². The van der Waals surface area contributed by atoms with Gasteiger partial charge in [0.2, 0.25) is 0 Å². The van der Waals surface area contributed by atoms with Crippen LogP contribution in [0.3, 0.4) is 0 Å². The molecule has 30 heavy (non-hydrogen) atoms. The van der Waals surface area contributed by atoms with Crippen LogP contribution in [0.4, 0.5) is 32.0 Å². The van der Waals surface area contributed by atoms with Gasteiger partial charge in [-0.3, -0.25) is 4.79 Å². The van der Waals surface area contributed by atoms with Crippen molar-refractivity contribution in [1.29, 1.82) is 0 Å². The number of hydrogen-bond donors (Lipinski definition) is 1. The largest absolute Gasteiger partial charge is 0.416 e. The average molecular weight is 426 g/mol. The highest BCUT2D eigenvalue weighted by molar-refractivity contribution is 6.04. The van der Waals surface area contributed by atoms with Gasteiger partial charge in [0.25, 0.3) is 5.91 Å². The van der Waals surface area contributed by atoms with Crippen LogP contribution in [0.2, 0.25) is 0 Å². The number of carbonyl (C=O) groups excluding carboxylic acids is 1. The van der Waals surface area contributed by atoms with Crippen molar-refractivity contribution in [1.82, 2.24) is 4.90 Å². The number of anilines is 1. The van der Waals surface area contributed by atoms with E-state index in [4.69, 9.17) is 0 Å². The van der Waals surface area contributed by atoms with E-state index in [1.807, 2.05) is 0 Å². The normalized spacial score (nSPS) is 14.7. The number of allylic oxidation sites excluding steroid dienone is 2. The molecule has 0 saturated carbocycles. The van der Waals surface area contributed by atoms with Crippen molar-refractivity contribution in [3.63, 3.8) is 0 Å². The number of amides is 1. The highest BCUT2D eigenvalue weighted by Crippen LogP contribution is 2.35. The number of hydrogen-bond acceptors (Lipinski definition) is 2. The van der Waals surface area contributed by atoms with Crippen molar-refractivity contribution >= 4 is 17.3 Å². The minimum absolute atomic E-state index is 0.0470. The number of alkyl halides is 3. The average Bonchev–Trinajstić information content (AvgIpc) is 2.83. The molecule has 0 fully saturated rings. The molecule has 0 atom stereocenters. The van der Waals surface area contributed by atoms with Crippen LogP contribution in [0.5, 0.6) is 0 Å². The van der Waals surface area contributed by atoms with Crippen LogP contribution in [0.15, 0.2) is 54.1 Å². The number of nitrogens with one attached hydrogen (secondary N) is 1. The van der Waals surface area contributed by atoms with E-state index in [1.54, 1.807) is 0 Å². The van der Waals surface area contributed by atoms with Gasteiger partial charge in [-0.05, 0) is 36.8 Å². The Morgan fingerprint density at radius 2 is 1.67 bits per heavy atom. The van der Waals surface area contributed by atoms with Gasteiger partial charge in [0.05, 0.1) is 22.4 Å². The zero-order valence-corrected chi connectivity index (χ0v) is 15.7. The van der Waals surface area contributed by atoms with E-state index in [1.165, 1.54) is 30.1 Å². The maximum absolute atomic E-state index is 14.7. The minimum Gasteiger partial charge on any atom is -0.374 e. The van der Waals surface area contributed by atoms with Crippen LogP contribution in [0, 0.1) is 17.5 Å². The Hall–Kier alpha value is -3.23. The fourth-order valence-electron chi connectivity index (χ4n) is 3.04. The third-order valence-electron chi connectivity index (χ3n) is 4.53. The zero-order valence-electron chi connectivity index (χ0n) is 15.7. The maximum atomic E-state index is 14.7. The Morgan fingerprint density at radius 3 is 2.27 bits per heavy atom. The van der Waals surface area contributed by atoms with E-state index in [0.29, 0.717) is 6.08 Å². The molecule has 3 rings (SSSR count). The van der Waals surface area contributed by atoms with Crippen molar-refractivity contribution in [2.75, 3.05) is 18.9 Å². The second-order valence-electron chi connectivity index (χ2n) is 6.65. The Bertz CT molecular complexity index is 1020. The molecule has 0 unspecified atom stereocenters. The van der Waals surface area contributed by atoms with Crippen molar-refractivity contribution in [3.8, 4) is 0 Å². The molecule has 0 bridgehead atoms. The van der Waals surface area contributed by atoms with E-state index in [9.17, 15) is 31.1 Å². The predicted molar refractivity (Wildman–Crippen MR) is 100 cm³/mol. The first-order chi connectivity index (χ1) is 14.1. The van der Waals surface area contributed by atoms with Gasteiger partial charge in [-0.2, -0.15) is 13.2 Å². The van der Waals surface area contributed by atoms with Gasteiger partial charge >= 0.3 is 6.18 Å². The molecule has 0 spiro atoms. The number of benzene rings is 2. The van der Waals surface area contributed by atoms with E-state index in [0.717, 1.165) is 24.3 Å². The molecule has 2 aromatic rings. The number of nitrogens with zero attached hydrogens (tertiary/aromatic N) is 1. The number of halogens is 6. The molecule has 158 valence electrons. The highest BCUT2D eigenvalue weighted by atomic mass is 19.4. The summed E-state index contributed by atoms with van der Waals surface area (Å²) in [6.07, 6.45) is -2.98. The summed E-state index contributed by atoms with van der Waals surface area (Å²) in [7, 11) is 1.42. The molecular weight excluding hydrogens is 410 g/mol. The molecule has 1 heterocycles. The summed E-state index contributed by atoms with van der Waals surface area (Å²) in [5, 5.41) is 2.18. The summed E-state index contributed by atoms with van der Waals surface area (Å²) in [6, 6.07) is 6.59. The summed E-state index contributed by atoms with van der Waals surface area (Å²) >= 11 is 0. The minimum atomic E-state index is -4.67. The van der Waals surface area contributed by atoms with Crippen LogP contribution in [0.1, 0.15) is 22.3 Å². The standard InChI is InChI=1S/C21H16F6N2O/c1-29-8-4-5-12(21(25,26)27)9-18(29)19-16(23)10-13(11-17(19)24)28-20(30)14-6-2-3-7-15(14)22/h2-3,5-7,9-11H,4,8H2,1H3,(H,28,30). The fourth-order valence-corrected chi connectivity index (χ4v) is 3.04. The van der Waals surface area contributed by atoms with Gasteiger partial charge < -0.3 is 10.2 Å². The van der Waals surface area contributed by atoms with Crippen LogP contribution in [0.25, 0.3) is 5.70 Å². The first kappa shape index (κ1) is 21.5. The van der Waals surface area contributed by atoms with Crippen LogP contribution >= 0.6 is 0 Å². The molecule has 9 heteroatoms. The van der Waals surface area contributed by atoms with E-state index in [-0.39, 0.29) is 29.9 Å². The van der Waals surface area contributed by atoms with Crippen LogP contribution in [-0.4, -0.2) is 30.6 Å². The lowest BCUT2D eigenvalue weighted by atomic mass is 10.1. The first-order valence-corrected chi connectivity index (χ1v) is 8.83. The summed E-state index contributed by atoms with van der Waals surface area (Å²) < 4.78 is 82.6.